The summed E-state index contributed by atoms with van der Waals surface area (Å²) >= 11 is 5.23. The molecule has 33 heavy (non-hydrogen) atoms. The molecule has 0 aromatic heterocycles. The van der Waals surface area contributed by atoms with Crippen LogP contribution in [0, 0.1) is 6.92 Å². The van der Waals surface area contributed by atoms with Crippen LogP contribution in [0.3, 0.4) is 0 Å². The van der Waals surface area contributed by atoms with Crippen LogP contribution in [0.25, 0.3) is 6.08 Å². The van der Waals surface area contributed by atoms with Gasteiger partial charge in [0.1, 0.15) is 5.57 Å². The lowest BCUT2D eigenvalue weighted by Crippen LogP contribution is -2.54. The number of amides is 2. The van der Waals surface area contributed by atoms with Crippen molar-refractivity contribution in [1.29, 1.82) is 0 Å². The van der Waals surface area contributed by atoms with E-state index in [2.05, 4.69) is 5.32 Å². The Morgan fingerprint density at radius 2 is 1.76 bits per heavy atom. The summed E-state index contributed by atoms with van der Waals surface area (Å²) in [6.07, 6.45) is 1.46. The van der Waals surface area contributed by atoms with E-state index in [4.69, 9.17) is 26.4 Å². The van der Waals surface area contributed by atoms with Gasteiger partial charge in [-0.3, -0.25) is 19.8 Å². The number of aryl methyl sites for hydroxylation is 1. The Morgan fingerprint density at radius 1 is 1.03 bits per heavy atom. The molecule has 1 fully saturated rings. The SMILES string of the molecule is CCOC(=O)COc1ccc(/C=C2\C(=O)NC(=S)N(c3ccc(C)cc3)C2=O)cc1OCC. The van der Waals surface area contributed by atoms with Gasteiger partial charge in [0.2, 0.25) is 0 Å². The van der Waals surface area contributed by atoms with Gasteiger partial charge in [-0.1, -0.05) is 23.8 Å². The predicted octanol–water partition coefficient (Wildman–Crippen LogP) is 3.17. The third-order valence-corrected chi connectivity index (χ3v) is 4.91. The Balaban J connectivity index is 1.89. The van der Waals surface area contributed by atoms with Crippen LogP contribution in [0.2, 0.25) is 0 Å². The van der Waals surface area contributed by atoms with E-state index in [-0.39, 0.29) is 23.9 Å². The van der Waals surface area contributed by atoms with Gasteiger partial charge < -0.3 is 14.2 Å². The van der Waals surface area contributed by atoms with Crippen molar-refractivity contribution in [3.05, 3.63) is 59.2 Å². The van der Waals surface area contributed by atoms with E-state index in [9.17, 15) is 14.4 Å². The maximum atomic E-state index is 13.2. The molecule has 2 aromatic rings. The van der Waals surface area contributed by atoms with Crippen molar-refractivity contribution in [2.75, 3.05) is 24.7 Å². The fourth-order valence-electron chi connectivity index (χ4n) is 3.09. The number of anilines is 1. The highest BCUT2D eigenvalue weighted by Gasteiger charge is 2.34. The van der Waals surface area contributed by atoms with E-state index in [0.29, 0.717) is 29.4 Å². The zero-order chi connectivity index (χ0) is 24.0. The third-order valence-electron chi connectivity index (χ3n) is 4.62. The first-order valence-electron chi connectivity index (χ1n) is 10.4. The lowest BCUT2D eigenvalue weighted by molar-refractivity contribution is -0.145. The number of hydrogen-bond acceptors (Lipinski definition) is 7. The monoisotopic (exact) mass is 468 g/mol. The number of esters is 1. The second-order valence-corrected chi connectivity index (χ2v) is 7.41. The molecule has 0 aliphatic carbocycles. The Kier molecular flexibility index (Phi) is 7.78. The molecule has 8 nitrogen and oxygen atoms in total. The third kappa shape index (κ3) is 5.75. The molecule has 1 heterocycles. The molecule has 9 heteroatoms. The van der Waals surface area contributed by atoms with Crippen LogP contribution in [0.4, 0.5) is 5.69 Å². The second kappa shape index (κ2) is 10.7. The van der Waals surface area contributed by atoms with Gasteiger partial charge in [0.15, 0.2) is 23.2 Å². The predicted molar refractivity (Wildman–Crippen MR) is 127 cm³/mol. The molecule has 2 aromatic carbocycles. The number of carbonyl (C=O) groups excluding carboxylic acids is 3. The zero-order valence-electron chi connectivity index (χ0n) is 18.5. The molecule has 0 bridgehead atoms. The highest BCUT2D eigenvalue weighted by molar-refractivity contribution is 7.80. The topological polar surface area (TPSA) is 94.2 Å². The molecule has 0 unspecified atom stereocenters. The molecule has 0 atom stereocenters. The Labute approximate surface area is 197 Å². The smallest absolute Gasteiger partial charge is 0.344 e. The van der Waals surface area contributed by atoms with Crippen molar-refractivity contribution < 1.29 is 28.6 Å². The number of thiocarbonyl (C=S) groups is 1. The Hall–Kier alpha value is -3.72. The largest absolute Gasteiger partial charge is 0.490 e. The van der Waals surface area contributed by atoms with Crippen LogP contribution in [-0.4, -0.2) is 42.7 Å². The zero-order valence-corrected chi connectivity index (χ0v) is 19.4. The van der Waals surface area contributed by atoms with Crippen molar-refractivity contribution in [2.24, 2.45) is 0 Å². The average Bonchev–Trinajstić information content (AvgIpc) is 2.77. The van der Waals surface area contributed by atoms with E-state index in [1.54, 1.807) is 44.2 Å². The maximum Gasteiger partial charge on any atom is 0.344 e. The van der Waals surface area contributed by atoms with Gasteiger partial charge in [-0.05, 0) is 68.9 Å². The number of ether oxygens (including phenoxy) is 3. The first-order chi connectivity index (χ1) is 15.8. The van der Waals surface area contributed by atoms with Crippen molar-refractivity contribution in [2.45, 2.75) is 20.8 Å². The summed E-state index contributed by atoms with van der Waals surface area (Å²) in [4.78, 5) is 38.6. The van der Waals surface area contributed by atoms with E-state index in [0.717, 1.165) is 5.56 Å². The van der Waals surface area contributed by atoms with E-state index in [1.807, 2.05) is 19.1 Å². The quantitative estimate of drug-likeness (QED) is 0.275. The van der Waals surface area contributed by atoms with Gasteiger partial charge in [0.25, 0.3) is 11.8 Å². The van der Waals surface area contributed by atoms with Gasteiger partial charge in [0, 0.05) is 0 Å². The number of hydrogen-bond donors (Lipinski definition) is 1. The molecule has 1 aliphatic heterocycles. The van der Waals surface area contributed by atoms with Crippen LogP contribution in [-0.2, 0) is 19.1 Å². The standard InChI is InChI=1S/C24H24N2O6S/c1-4-30-20-13-16(8-11-19(20)32-14-21(27)31-5-2)12-18-22(28)25-24(33)26(23(18)29)17-9-6-15(3)7-10-17/h6-13H,4-5,14H2,1-3H3,(H,25,28,33)/b18-12+. The van der Waals surface area contributed by atoms with Crippen LogP contribution in [0.15, 0.2) is 48.0 Å². The number of nitrogens with zero attached hydrogens (tertiary/aromatic N) is 1. The van der Waals surface area contributed by atoms with Crippen molar-refractivity contribution in [1.82, 2.24) is 5.32 Å². The molecule has 3 rings (SSSR count). The summed E-state index contributed by atoms with van der Waals surface area (Å²) in [5.41, 5.74) is 2.05. The summed E-state index contributed by atoms with van der Waals surface area (Å²) in [5, 5.41) is 2.58. The Morgan fingerprint density at radius 3 is 2.42 bits per heavy atom. The first-order valence-corrected chi connectivity index (χ1v) is 10.8. The lowest BCUT2D eigenvalue weighted by Gasteiger charge is -2.29. The molecule has 1 saturated heterocycles. The van der Waals surface area contributed by atoms with Crippen LogP contribution in [0.1, 0.15) is 25.0 Å². The summed E-state index contributed by atoms with van der Waals surface area (Å²) in [6, 6.07) is 12.1. The summed E-state index contributed by atoms with van der Waals surface area (Å²) in [7, 11) is 0. The van der Waals surface area contributed by atoms with Crippen molar-refractivity contribution in [3.8, 4) is 11.5 Å². The molecular formula is C24H24N2O6S. The van der Waals surface area contributed by atoms with Crippen LogP contribution in [0.5, 0.6) is 11.5 Å². The number of nitrogens with one attached hydrogen (secondary N) is 1. The van der Waals surface area contributed by atoms with E-state index >= 15 is 0 Å². The van der Waals surface area contributed by atoms with Crippen molar-refractivity contribution in [3.63, 3.8) is 0 Å². The summed E-state index contributed by atoms with van der Waals surface area (Å²) < 4.78 is 16.0. The minimum atomic E-state index is -0.589. The molecule has 1 N–H and O–H groups in total. The molecule has 0 saturated carbocycles. The van der Waals surface area contributed by atoms with E-state index in [1.165, 1.54) is 11.0 Å². The van der Waals surface area contributed by atoms with Gasteiger partial charge in [0.05, 0.1) is 18.9 Å². The molecular weight excluding hydrogens is 444 g/mol. The van der Waals surface area contributed by atoms with Gasteiger partial charge in [-0.2, -0.15) is 0 Å². The van der Waals surface area contributed by atoms with Crippen molar-refractivity contribution >= 4 is 46.9 Å². The van der Waals surface area contributed by atoms with Crippen LogP contribution < -0.4 is 19.7 Å². The number of benzene rings is 2. The number of rotatable bonds is 8. The maximum absolute atomic E-state index is 13.2. The number of carbonyl (C=O) groups is 3. The fourth-order valence-corrected chi connectivity index (χ4v) is 3.37. The van der Waals surface area contributed by atoms with Gasteiger partial charge in [-0.15, -0.1) is 0 Å². The summed E-state index contributed by atoms with van der Waals surface area (Å²) in [5.74, 6) is -0.912. The highest BCUT2D eigenvalue weighted by Crippen LogP contribution is 2.30. The first kappa shape index (κ1) is 23.9. The normalized spacial score (nSPS) is 14.8. The minimum Gasteiger partial charge on any atom is -0.490 e. The second-order valence-electron chi connectivity index (χ2n) is 7.03. The average molecular weight is 469 g/mol. The molecule has 0 spiro atoms. The lowest BCUT2D eigenvalue weighted by atomic mass is 10.1. The molecule has 0 radical (unpaired) electrons. The molecule has 2 amide bonds. The van der Waals surface area contributed by atoms with Gasteiger partial charge in [-0.25, -0.2) is 4.79 Å². The van der Waals surface area contributed by atoms with Gasteiger partial charge >= 0.3 is 5.97 Å². The van der Waals surface area contributed by atoms with Crippen LogP contribution >= 0.6 is 12.2 Å². The minimum absolute atomic E-state index is 0.0173. The molecule has 172 valence electrons. The molecule has 1 aliphatic rings. The fraction of sp³-hybridized carbons (Fsp3) is 0.250. The Bertz CT molecular complexity index is 1110. The summed E-state index contributed by atoms with van der Waals surface area (Å²) in [6.45, 7) is 5.79. The highest BCUT2D eigenvalue weighted by atomic mass is 32.1. The van der Waals surface area contributed by atoms with E-state index < -0.39 is 17.8 Å².